The van der Waals surface area contributed by atoms with Gasteiger partial charge in [-0.2, -0.15) is 0 Å². The number of nitrogens with zero attached hydrogens (tertiary/aromatic N) is 2. The van der Waals surface area contributed by atoms with E-state index in [1.165, 1.54) is 9.75 Å². The van der Waals surface area contributed by atoms with E-state index in [0.29, 0.717) is 11.9 Å². The number of rotatable bonds is 4. The van der Waals surface area contributed by atoms with Crippen molar-refractivity contribution in [1.82, 2.24) is 9.55 Å². The SMILES string of the molecule is Cc1ccc(CC(C)n2c(CCl)nc3cc(Br)ccc32)s1. The van der Waals surface area contributed by atoms with Crippen LogP contribution in [0.15, 0.2) is 34.8 Å². The largest absolute Gasteiger partial charge is 0.324 e. The van der Waals surface area contributed by atoms with Crippen LogP contribution >= 0.6 is 38.9 Å². The van der Waals surface area contributed by atoms with Crippen LogP contribution in [0.1, 0.15) is 28.5 Å². The van der Waals surface area contributed by atoms with Gasteiger partial charge in [-0.1, -0.05) is 15.9 Å². The molecule has 21 heavy (non-hydrogen) atoms. The molecule has 0 N–H and O–H groups in total. The maximum Gasteiger partial charge on any atom is 0.125 e. The molecule has 2 heterocycles. The first-order valence-electron chi connectivity index (χ1n) is 6.86. The maximum atomic E-state index is 6.10. The van der Waals surface area contributed by atoms with Crippen molar-refractivity contribution in [2.24, 2.45) is 0 Å². The predicted molar refractivity (Wildman–Crippen MR) is 94.5 cm³/mol. The summed E-state index contributed by atoms with van der Waals surface area (Å²) in [5.41, 5.74) is 2.14. The van der Waals surface area contributed by atoms with E-state index in [9.17, 15) is 0 Å². The molecule has 0 fully saturated rings. The minimum atomic E-state index is 0.336. The second-order valence-electron chi connectivity index (χ2n) is 5.23. The fraction of sp³-hybridized carbons (Fsp3) is 0.312. The molecular weight excluding hydrogens is 368 g/mol. The molecular formula is C16H16BrClN2S. The molecule has 0 saturated carbocycles. The summed E-state index contributed by atoms with van der Waals surface area (Å²) in [6.45, 7) is 4.38. The fourth-order valence-corrected chi connectivity index (χ4v) is 4.23. The lowest BCUT2D eigenvalue weighted by molar-refractivity contribution is 0.547. The third-order valence-corrected chi connectivity index (χ3v) is 5.33. The van der Waals surface area contributed by atoms with Crippen LogP contribution in [0.3, 0.4) is 0 Å². The molecule has 1 aromatic carbocycles. The Morgan fingerprint density at radius 3 is 2.81 bits per heavy atom. The number of alkyl halides is 1. The van der Waals surface area contributed by atoms with Gasteiger partial charge in [0.1, 0.15) is 5.82 Å². The van der Waals surface area contributed by atoms with Crippen LogP contribution in [-0.4, -0.2) is 9.55 Å². The molecule has 0 radical (unpaired) electrons. The van der Waals surface area contributed by atoms with Crippen molar-refractivity contribution in [3.63, 3.8) is 0 Å². The van der Waals surface area contributed by atoms with Gasteiger partial charge in [-0.05, 0) is 44.2 Å². The molecule has 3 rings (SSSR count). The zero-order valence-corrected chi connectivity index (χ0v) is 15.1. The Morgan fingerprint density at radius 1 is 1.33 bits per heavy atom. The Labute approximate surface area is 141 Å². The second kappa shape index (κ2) is 6.11. The number of imidazole rings is 1. The minimum Gasteiger partial charge on any atom is -0.324 e. The Bertz CT molecular complexity index is 778. The highest BCUT2D eigenvalue weighted by Crippen LogP contribution is 2.28. The van der Waals surface area contributed by atoms with Crippen LogP contribution < -0.4 is 0 Å². The van der Waals surface area contributed by atoms with Crippen molar-refractivity contribution >= 4 is 49.9 Å². The molecule has 110 valence electrons. The van der Waals surface area contributed by atoms with E-state index in [-0.39, 0.29) is 0 Å². The molecule has 2 aromatic heterocycles. The highest BCUT2D eigenvalue weighted by molar-refractivity contribution is 9.10. The first-order chi connectivity index (χ1) is 10.1. The molecule has 0 amide bonds. The van der Waals surface area contributed by atoms with E-state index in [4.69, 9.17) is 11.6 Å². The minimum absolute atomic E-state index is 0.336. The zero-order chi connectivity index (χ0) is 15.0. The molecule has 0 bridgehead atoms. The molecule has 3 aromatic rings. The molecule has 2 nitrogen and oxygen atoms in total. The number of halogens is 2. The highest BCUT2D eigenvalue weighted by Gasteiger charge is 2.16. The second-order valence-corrected chi connectivity index (χ2v) is 7.79. The molecule has 0 aliphatic rings. The van der Waals surface area contributed by atoms with E-state index in [1.54, 1.807) is 0 Å². The van der Waals surface area contributed by atoms with Gasteiger partial charge >= 0.3 is 0 Å². The predicted octanol–water partition coefficient (Wildman–Crippen LogP) is 5.71. The van der Waals surface area contributed by atoms with Crippen LogP contribution in [0.5, 0.6) is 0 Å². The van der Waals surface area contributed by atoms with Crippen molar-refractivity contribution in [1.29, 1.82) is 0 Å². The standard InChI is InChI=1S/C16H16BrClN2S/c1-10(7-13-5-3-11(2)21-13)20-15-6-4-12(17)8-14(15)19-16(20)9-18/h3-6,8,10H,7,9H2,1-2H3. The average Bonchev–Trinajstić information content (AvgIpc) is 3.01. The van der Waals surface area contributed by atoms with Gasteiger partial charge in [-0.3, -0.25) is 0 Å². The first kappa shape index (κ1) is 15.1. The third-order valence-electron chi connectivity index (χ3n) is 3.58. The molecule has 0 aliphatic heterocycles. The van der Waals surface area contributed by atoms with Gasteiger partial charge in [0.15, 0.2) is 0 Å². The summed E-state index contributed by atoms with van der Waals surface area (Å²) in [5.74, 6) is 1.37. The average molecular weight is 384 g/mol. The molecule has 5 heteroatoms. The number of benzene rings is 1. The number of thiophene rings is 1. The van der Waals surface area contributed by atoms with Crippen molar-refractivity contribution < 1.29 is 0 Å². The highest BCUT2D eigenvalue weighted by atomic mass is 79.9. The quantitative estimate of drug-likeness (QED) is 0.527. The Balaban J connectivity index is 2.01. The van der Waals surface area contributed by atoms with Crippen LogP contribution in [0.4, 0.5) is 0 Å². The van der Waals surface area contributed by atoms with Crippen molar-refractivity contribution in [3.8, 4) is 0 Å². The van der Waals surface area contributed by atoms with E-state index >= 15 is 0 Å². The summed E-state index contributed by atoms with van der Waals surface area (Å²) in [7, 11) is 0. The topological polar surface area (TPSA) is 17.8 Å². The number of fused-ring (bicyclic) bond motifs is 1. The molecule has 0 aliphatic carbocycles. The molecule has 1 unspecified atom stereocenters. The summed E-state index contributed by atoms with van der Waals surface area (Å²) >= 11 is 11.5. The van der Waals surface area contributed by atoms with Crippen LogP contribution in [0, 0.1) is 6.92 Å². The van der Waals surface area contributed by atoms with Crippen molar-refractivity contribution in [3.05, 3.63) is 50.4 Å². The Morgan fingerprint density at radius 2 is 2.14 bits per heavy atom. The van der Waals surface area contributed by atoms with Gasteiger partial charge in [0.25, 0.3) is 0 Å². The lowest BCUT2D eigenvalue weighted by Crippen LogP contribution is -2.10. The van der Waals surface area contributed by atoms with Crippen molar-refractivity contribution in [2.75, 3.05) is 0 Å². The summed E-state index contributed by atoms with van der Waals surface area (Å²) in [6.07, 6.45) is 1.00. The molecule has 0 spiro atoms. The first-order valence-corrected chi connectivity index (χ1v) is 9.00. The van der Waals surface area contributed by atoms with E-state index in [0.717, 1.165) is 27.8 Å². The van der Waals surface area contributed by atoms with E-state index < -0.39 is 0 Å². The number of hydrogen-bond donors (Lipinski definition) is 0. The number of aryl methyl sites for hydroxylation is 1. The zero-order valence-electron chi connectivity index (χ0n) is 11.9. The number of hydrogen-bond acceptors (Lipinski definition) is 2. The lowest BCUT2D eigenvalue weighted by atomic mass is 10.2. The van der Waals surface area contributed by atoms with E-state index in [1.807, 2.05) is 17.4 Å². The van der Waals surface area contributed by atoms with Crippen molar-refractivity contribution in [2.45, 2.75) is 32.2 Å². The number of aromatic nitrogens is 2. The van der Waals surface area contributed by atoms with Gasteiger partial charge in [-0.25, -0.2) is 4.98 Å². The maximum absolute atomic E-state index is 6.10. The van der Waals surface area contributed by atoms with Gasteiger partial charge in [0, 0.05) is 26.7 Å². The van der Waals surface area contributed by atoms with Crippen LogP contribution in [0.2, 0.25) is 0 Å². The summed E-state index contributed by atoms with van der Waals surface area (Å²) in [4.78, 5) is 7.42. The summed E-state index contributed by atoms with van der Waals surface area (Å²) in [5, 5.41) is 0. The monoisotopic (exact) mass is 382 g/mol. The summed E-state index contributed by atoms with van der Waals surface area (Å²) in [6, 6.07) is 10.9. The Kier molecular flexibility index (Phi) is 4.38. The normalized spacial score (nSPS) is 13.0. The molecule has 1 atom stereocenters. The Hall–Kier alpha value is -0.840. The fourth-order valence-electron chi connectivity index (χ4n) is 2.69. The van der Waals surface area contributed by atoms with Gasteiger partial charge in [-0.15, -0.1) is 22.9 Å². The van der Waals surface area contributed by atoms with Crippen LogP contribution in [-0.2, 0) is 12.3 Å². The third kappa shape index (κ3) is 3.03. The van der Waals surface area contributed by atoms with Gasteiger partial charge < -0.3 is 4.57 Å². The van der Waals surface area contributed by atoms with Gasteiger partial charge in [0.2, 0.25) is 0 Å². The molecule has 0 saturated heterocycles. The lowest BCUT2D eigenvalue weighted by Gasteiger charge is -2.16. The van der Waals surface area contributed by atoms with E-state index in [2.05, 4.69) is 63.6 Å². The van der Waals surface area contributed by atoms with Gasteiger partial charge in [0.05, 0.1) is 16.9 Å². The summed E-state index contributed by atoms with van der Waals surface area (Å²) < 4.78 is 3.31. The van der Waals surface area contributed by atoms with Crippen LogP contribution in [0.25, 0.3) is 11.0 Å². The smallest absolute Gasteiger partial charge is 0.125 e.